The highest BCUT2D eigenvalue weighted by atomic mass is 16.3. The molecule has 0 fully saturated rings. The molecule has 0 heterocycles. The lowest BCUT2D eigenvalue weighted by Gasteiger charge is -2.34. The third kappa shape index (κ3) is 4.97. The van der Waals surface area contributed by atoms with Gasteiger partial charge in [0.05, 0.1) is 5.60 Å². The second-order valence-corrected chi connectivity index (χ2v) is 5.23. The first-order valence-corrected chi connectivity index (χ1v) is 5.74. The van der Waals surface area contributed by atoms with Gasteiger partial charge >= 0.3 is 0 Å². The first kappa shape index (κ1) is 13.9. The maximum Gasteiger partial charge on any atom is 0.0768 e. The van der Waals surface area contributed by atoms with Crippen molar-refractivity contribution in [3.63, 3.8) is 0 Å². The second kappa shape index (κ2) is 5.72. The van der Waals surface area contributed by atoms with Crippen molar-refractivity contribution < 1.29 is 5.11 Å². The molecular formula is C12H27NO. The van der Waals surface area contributed by atoms with E-state index in [1.165, 1.54) is 0 Å². The molecule has 1 N–H and O–H groups in total. The van der Waals surface area contributed by atoms with Crippen LogP contribution in [0.15, 0.2) is 0 Å². The Bertz CT molecular complexity index is 152. The van der Waals surface area contributed by atoms with Gasteiger partial charge in [-0.15, -0.1) is 0 Å². The van der Waals surface area contributed by atoms with Gasteiger partial charge in [-0.2, -0.15) is 0 Å². The van der Waals surface area contributed by atoms with E-state index in [4.69, 9.17) is 0 Å². The first-order chi connectivity index (χ1) is 6.29. The normalized spacial score (nSPS) is 16.7. The molecule has 14 heavy (non-hydrogen) atoms. The van der Waals surface area contributed by atoms with Crippen molar-refractivity contribution in [1.82, 2.24) is 4.90 Å². The summed E-state index contributed by atoms with van der Waals surface area (Å²) in [7, 11) is 0. The monoisotopic (exact) mass is 201 g/mol. The minimum Gasteiger partial charge on any atom is -0.389 e. The summed E-state index contributed by atoms with van der Waals surface area (Å²) in [5.41, 5.74) is -0.565. The van der Waals surface area contributed by atoms with Crippen LogP contribution in [0.2, 0.25) is 0 Å². The quantitative estimate of drug-likeness (QED) is 0.713. The average Bonchev–Trinajstić information content (AvgIpc) is 2.01. The van der Waals surface area contributed by atoms with Crippen LogP contribution in [0.1, 0.15) is 41.5 Å². The molecule has 0 aromatic carbocycles. The van der Waals surface area contributed by atoms with Gasteiger partial charge < -0.3 is 10.0 Å². The van der Waals surface area contributed by atoms with Crippen molar-refractivity contribution in [2.75, 3.05) is 19.6 Å². The van der Waals surface area contributed by atoms with E-state index in [0.29, 0.717) is 11.8 Å². The Morgan fingerprint density at radius 1 is 1.21 bits per heavy atom. The minimum atomic E-state index is -0.565. The lowest BCUT2D eigenvalue weighted by molar-refractivity contribution is -0.0198. The second-order valence-electron chi connectivity index (χ2n) is 5.23. The Morgan fingerprint density at radius 3 is 2.00 bits per heavy atom. The largest absolute Gasteiger partial charge is 0.389 e. The maximum absolute atomic E-state index is 10.2. The molecule has 0 spiro atoms. The van der Waals surface area contributed by atoms with Gasteiger partial charge in [-0.25, -0.2) is 0 Å². The van der Waals surface area contributed by atoms with Crippen LogP contribution in [0.25, 0.3) is 0 Å². The van der Waals surface area contributed by atoms with Gasteiger partial charge in [0.2, 0.25) is 0 Å². The van der Waals surface area contributed by atoms with Crippen LogP contribution in [-0.4, -0.2) is 35.2 Å². The number of aliphatic hydroxyl groups is 1. The van der Waals surface area contributed by atoms with E-state index in [9.17, 15) is 5.11 Å². The number of nitrogens with zero attached hydrogens (tertiary/aromatic N) is 1. The smallest absolute Gasteiger partial charge is 0.0768 e. The molecule has 0 rings (SSSR count). The van der Waals surface area contributed by atoms with Crippen molar-refractivity contribution in [2.45, 2.75) is 47.1 Å². The Kier molecular flexibility index (Phi) is 5.68. The molecule has 0 aliphatic heterocycles. The molecule has 0 aromatic rings. The number of rotatable bonds is 6. The Balaban J connectivity index is 4.16. The topological polar surface area (TPSA) is 23.5 Å². The standard InChI is InChI=1S/C12H27NO/c1-7-13(8-10(2)3)9-12(6,14)11(4)5/h10-11,14H,7-9H2,1-6H3. The maximum atomic E-state index is 10.2. The van der Waals surface area contributed by atoms with Gasteiger partial charge in [-0.1, -0.05) is 34.6 Å². The zero-order valence-corrected chi connectivity index (χ0v) is 10.7. The lowest BCUT2D eigenvalue weighted by atomic mass is 9.92. The van der Waals surface area contributed by atoms with E-state index in [-0.39, 0.29) is 0 Å². The molecule has 0 saturated heterocycles. The minimum absolute atomic E-state index is 0.309. The molecule has 0 saturated carbocycles. The SMILES string of the molecule is CCN(CC(C)C)CC(C)(O)C(C)C. The van der Waals surface area contributed by atoms with Crippen LogP contribution in [0.5, 0.6) is 0 Å². The molecule has 1 atom stereocenters. The van der Waals surface area contributed by atoms with E-state index in [2.05, 4.69) is 39.5 Å². The summed E-state index contributed by atoms with van der Waals surface area (Å²) in [6.45, 7) is 15.5. The molecule has 1 unspecified atom stereocenters. The van der Waals surface area contributed by atoms with Gasteiger partial charge in [0, 0.05) is 13.1 Å². The van der Waals surface area contributed by atoms with E-state index in [1.807, 2.05) is 6.92 Å². The fourth-order valence-electron chi connectivity index (χ4n) is 1.46. The fraction of sp³-hybridized carbons (Fsp3) is 1.00. The van der Waals surface area contributed by atoms with Crippen LogP contribution in [-0.2, 0) is 0 Å². The summed E-state index contributed by atoms with van der Waals surface area (Å²) in [5.74, 6) is 0.974. The molecule has 2 heteroatoms. The molecule has 0 radical (unpaired) electrons. The van der Waals surface area contributed by atoms with E-state index >= 15 is 0 Å². The number of hydrogen-bond donors (Lipinski definition) is 1. The van der Waals surface area contributed by atoms with E-state index in [1.54, 1.807) is 0 Å². The zero-order valence-electron chi connectivity index (χ0n) is 10.7. The Labute approximate surface area is 89.3 Å². The Hall–Kier alpha value is -0.0800. The molecule has 2 nitrogen and oxygen atoms in total. The van der Waals surface area contributed by atoms with Crippen LogP contribution in [0, 0.1) is 11.8 Å². The number of hydrogen-bond acceptors (Lipinski definition) is 2. The molecule has 0 bridgehead atoms. The molecule has 0 amide bonds. The molecule has 0 aliphatic carbocycles. The Morgan fingerprint density at radius 2 is 1.71 bits per heavy atom. The van der Waals surface area contributed by atoms with Crippen LogP contribution < -0.4 is 0 Å². The van der Waals surface area contributed by atoms with Gasteiger partial charge in [0.1, 0.15) is 0 Å². The summed E-state index contributed by atoms with van der Waals surface area (Å²) in [5, 5.41) is 10.2. The van der Waals surface area contributed by atoms with Crippen molar-refractivity contribution in [3.8, 4) is 0 Å². The summed E-state index contributed by atoms with van der Waals surface area (Å²) < 4.78 is 0. The van der Waals surface area contributed by atoms with Crippen LogP contribution in [0.4, 0.5) is 0 Å². The fourth-order valence-corrected chi connectivity index (χ4v) is 1.46. The van der Waals surface area contributed by atoms with Gasteiger partial charge in [-0.3, -0.25) is 0 Å². The summed E-state index contributed by atoms with van der Waals surface area (Å²) in [4.78, 5) is 2.32. The predicted molar refractivity (Wildman–Crippen MR) is 62.4 cm³/mol. The summed E-state index contributed by atoms with van der Waals surface area (Å²) in [6.07, 6.45) is 0. The highest BCUT2D eigenvalue weighted by Gasteiger charge is 2.27. The third-order valence-corrected chi connectivity index (χ3v) is 2.86. The molecule has 0 aliphatic rings. The lowest BCUT2D eigenvalue weighted by Crippen LogP contribution is -2.45. The van der Waals surface area contributed by atoms with Gasteiger partial charge in [0.25, 0.3) is 0 Å². The molecule has 0 aromatic heterocycles. The zero-order chi connectivity index (χ0) is 11.4. The number of likely N-dealkylation sites (N-methyl/N-ethyl adjacent to an activating group) is 1. The van der Waals surface area contributed by atoms with E-state index < -0.39 is 5.60 Å². The van der Waals surface area contributed by atoms with Crippen molar-refractivity contribution in [2.24, 2.45) is 11.8 Å². The van der Waals surface area contributed by atoms with Gasteiger partial charge in [-0.05, 0) is 25.3 Å². The third-order valence-electron chi connectivity index (χ3n) is 2.86. The highest BCUT2D eigenvalue weighted by molar-refractivity contribution is 4.80. The van der Waals surface area contributed by atoms with Crippen molar-refractivity contribution in [3.05, 3.63) is 0 Å². The summed E-state index contributed by atoms with van der Waals surface area (Å²) >= 11 is 0. The van der Waals surface area contributed by atoms with Gasteiger partial charge in [0.15, 0.2) is 0 Å². The van der Waals surface area contributed by atoms with Crippen LogP contribution in [0.3, 0.4) is 0 Å². The molecular weight excluding hydrogens is 174 g/mol. The predicted octanol–water partition coefficient (Wildman–Crippen LogP) is 2.37. The van der Waals surface area contributed by atoms with E-state index in [0.717, 1.165) is 19.6 Å². The van der Waals surface area contributed by atoms with Crippen molar-refractivity contribution >= 4 is 0 Å². The van der Waals surface area contributed by atoms with Crippen LogP contribution >= 0.6 is 0 Å². The first-order valence-electron chi connectivity index (χ1n) is 5.74. The summed E-state index contributed by atoms with van der Waals surface area (Å²) in [6, 6.07) is 0. The highest BCUT2D eigenvalue weighted by Crippen LogP contribution is 2.18. The molecule has 86 valence electrons. The van der Waals surface area contributed by atoms with Crippen molar-refractivity contribution in [1.29, 1.82) is 0 Å². The average molecular weight is 201 g/mol.